The molecule has 1 aliphatic rings. The summed E-state index contributed by atoms with van der Waals surface area (Å²) in [4.78, 5) is 4.32. The Morgan fingerprint density at radius 3 is 3.00 bits per heavy atom. The minimum atomic E-state index is -0.153. The van der Waals surface area contributed by atoms with Gasteiger partial charge in [0, 0.05) is 12.2 Å². The van der Waals surface area contributed by atoms with E-state index in [4.69, 9.17) is 5.11 Å². The maximum absolute atomic E-state index is 9.15. The van der Waals surface area contributed by atoms with Crippen molar-refractivity contribution in [3.63, 3.8) is 0 Å². The van der Waals surface area contributed by atoms with Gasteiger partial charge in [-0.2, -0.15) is 4.98 Å². The molecule has 0 amide bonds. The number of fused-ring (bicyclic) bond motifs is 1. The van der Waals surface area contributed by atoms with Gasteiger partial charge >= 0.3 is 0 Å². The molecule has 0 radical (unpaired) electrons. The van der Waals surface area contributed by atoms with Gasteiger partial charge in [0.2, 0.25) is 5.95 Å². The number of anilines is 1. The standard InChI is InChI=1S/C10H12N4O/c15-8-5-7(6-8)11-10-12-9-3-1-2-4-14(9)13-10/h1-4,7-8,15H,5-6H2,(H,11,13). The lowest BCUT2D eigenvalue weighted by molar-refractivity contribution is 0.0834. The predicted octanol–water partition coefficient (Wildman–Crippen LogP) is 0.664. The molecule has 0 bridgehead atoms. The van der Waals surface area contributed by atoms with Crippen LogP contribution in [0.2, 0.25) is 0 Å². The van der Waals surface area contributed by atoms with Crippen LogP contribution in [-0.4, -0.2) is 31.9 Å². The maximum Gasteiger partial charge on any atom is 0.243 e. The van der Waals surface area contributed by atoms with E-state index in [9.17, 15) is 0 Å². The van der Waals surface area contributed by atoms with Crippen molar-refractivity contribution in [1.29, 1.82) is 0 Å². The Balaban J connectivity index is 1.80. The van der Waals surface area contributed by atoms with Crippen molar-refractivity contribution in [3.8, 4) is 0 Å². The number of hydrogen-bond acceptors (Lipinski definition) is 4. The topological polar surface area (TPSA) is 62.5 Å². The van der Waals surface area contributed by atoms with Crippen LogP contribution in [0.15, 0.2) is 24.4 Å². The number of pyridine rings is 1. The van der Waals surface area contributed by atoms with E-state index >= 15 is 0 Å². The van der Waals surface area contributed by atoms with E-state index in [2.05, 4.69) is 15.4 Å². The summed E-state index contributed by atoms with van der Waals surface area (Å²) in [5.74, 6) is 0.637. The molecule has 5 heteroatoms. The normalized spacial score (nSPS) is 25.1. The maximum atomic E-state index is 9.15. The lowest BCUT2D eigenvalue weighted by atomic mass is 9.90. The molecule has 3 rings (SSSR count). The molecular weight excluding hydrogens is 192 g/mol. The number of aliphatic hydroxyl groups is 1. The first-order valence-corrected chi connectivity index (χ1v) is 5.07. The van der Waals surface area contributed by atoms with Gasteiger partial charge in [0.15, 0.2) is 5.65 Å². The smallest absolute Gasteiger partial charge is 0.243 e. The van der Waals surface area contributed by atoms with E-state index in [1.54, 1.807) is 4.52 Å². The average Bonchev–Trinajstić information content (AvgIpc) is 2.57. The summed E-state index contributed by atoms with van der Waals surface area (Å²) in [6.45, 7) is 0. The first-order valence-electron chi connectivity index (χ1n) is 5.07. The average molecular weight is 204 g/mol. The fourth-order valence-electron chi connectivity index (χ4n) is 1.78. The zero-order chi connectivity index (χ0) is 10.3. The number of nitrogens with one attached hydrogen (secondary N) is 1. The van der Waals surface area contributed by atoms with Crippen molar-refractivity contribution in [2.45, 2.75) is 25.0 Å². The van der Waals surface area contributed by atoms with E-state index in [1.165, 1.54) is 0 Å². The molecule has 2 aromatic rings. The molecule has 1 saturated carbocycles. The van der Waals surface area contributed by atoms with Crippen LogP contribution in [0.4, 0.5) is 5.95 Å². The summed E-state index contributed by atoms with van der Waals surface area (Å²) in [5, 5.41) is 16.6. The van der Waals surface area contributed by atoms with Crippen LogP contribution >= 0.6 is 0 Å². The zero-order valence-electron chi connectivity index (χ0n) is 8.17. The Kier molecular flexibility index (Phi) is 1.85. The number of aromatic nitrogens is 3. The molecule has 0 aliphatic heterocycles. The Bertz CT molecular complexity index is 442. The molecule has 0 spiro atoms. The molecule has 78 valence electrons. The van der Waals surface area contributed by atoms with E-state index in [0.29, 0.717) is 12.0 Å². The van der Waals surface area contributed by atoms with Gasteiger partial charge in [-0.15, -0.1) is 5.10 Å². The molecule has 1 aliphatic carbocycles. The summed E-state index contributed by atoms with van der Waals surface area (Å²) < 4.78 is 1.73. The number of hydrogen-bond donors (Lipinski definition) is 2. The first kappa shape index (κ1) is 8.67. The van der Waals surface area contributed by atoms with Crippen LogP contribution in [0, 0.1) is 0 Å². The molecule has 0 aromatic carbocycles. The van der Waals surface area contributed by atoms with Gasteiger partial charge in [0.05, 0.1) is 6.10 Å². The molecule has 15 heavy (non-hydrogen) atoms. The molecule has 5 nitrogen and oxygen atoms in total. The van der Waals surface area contributed by atoms with Crippen molar-refractivity contribution < 1.29 is 5.11 Å². The van der Waals surface area contributed by atoms with Gasteiger partial charge in [-0.25, -0.2) is 4.52 Å². The van der Waals surface area contributed by atoms with Crippen molar-refractivity contribution in [3.05, 3.63) is 24.4 Å². The van der Waals surface area contributed by atoms with Gasteiger partial charge in [-0.3, -0.25) is 0 Å². The monoisotopic (exact) mass is 204 g/mol. The second kappa shape index (κ2) is 3.20. The van der Waals surface area contributed by atoms with Crippen molar-refractivity contribution in [2.75, 3.05) is 5.32 Å². The van der Waals surface area contributed by atoms with Gasteiger partial charge in [0.25, 0.3) is 0 Å². The molecule has 1 fully saturated rings. The number of aliphatic hydroxyl groups excluding tert-OH is 1. The Morgan fingerprint density at radius 1 is 1.40 bits per heavy atom. The molecule has 2 aromatic heterocycles. The molecule has 0 atom stereocenters. The third-order valence-corrected chi connectivity index (χ3v) is 2.69. The van der Waals surface area contributed by atoms with Crippen LogP contribution in [-0.2, 0) is 0 Å². The van der Waals surface area contributed by atoms with Crippen molar-refractivity contribution >= 4 is 11.6 Å². The fourth-order valence-corrected chi connectivity index (χ4v) is 1.78. The molecule has 2 heterocycles. The molecule has 2 N–H and O–H groups in total. The molecule has 0 saturated heterocycles. The minimum Gasteiger partial charge on any atom is -0.393 e. The highest BCUT2D eigenvalue weighted by Crippen LogP contribution is 2.22. The molecule has 0 unspecified atom stereocenters. The van der Waals surface area contributed by atoms with E-state index in [1.807, 2.05) is 24.4 Å². The SMILES string of the molecule is OC1CC(Nc2nc3ccccn3n2)C1. The highest BCUT2D eigenvalue weighted by molar-refractivity contribution is 5.43. The van der Waals surface area contributed by atoms with E-state index in [-0.39, 0.29) is 6.10 Å². The lowest BCUT2D eigenvalue weighted by Crippen LogP contribution is -2.39. The van der Waals surface area contributed by atoms with Crippen LogP contribution in [0.1, 0.15) is 12.8 Å². The summed E-state index contributed by atoms with van der Waals surface area (Å²) in [5.41, 5.74) is 0.833. The highest BCUT2D eigenvalue weighted by atomic mass is 16.3. The fraction of sp³-hybridized carbons (Fsp3) is 0.400. The van der Waals surface area contributed by atoms with Crippen LogP contribution < -0.4 is 5.32 Å². The third kappa shape index (κ3) is 1.55. The largest absolute Gasteiger partial charge is 0.393 e. The summed E-state index contributed by atoms with van der Waals surface area (Å²) in [6.07, 6.45) is 3.29. The van der Waals surface area contributed by atoms with Crippen molar-refractivity contribution in [2.24, 2.45) is 0 Å². The number of rotatable bonds is 2. The van der Waals surface area contributed by atoms with Crippen LogP contribution in [0.5, 0.6) is 0 Å². The van der Waals surface area contributed by atoms with Gasteiger partial charge in [-0.1, -0.05) is 6.07 Å². The van der Waals surface area contributed by atoms with Crippen molar-refractivity contribution in [1.82, 2.24) is 14.6 Å². The summed E-state index contributed by atoms with van der Waals surface area (Å²) in [7, 11) is 0. The second-order valence-corrected chi connectivity index (χ2v) is 3.91. The van der Waals surface area contributed by atoms with Gasteiger partial charge < -0.3 is 10.4 Å². The molecular formula is C10H12N4O. The summed E-state index contributed by atoms with van der Waals surface area (Å²) in [6, 6.07) is 6.07. The van der Waals surface area contributed by atoms with E-state index < -0.39 is 0 Å². The van der Waals surface area contributed by atoms with Crippen LogP contribution in [0.3, 0.4) is 0 Å². The second-order valence-electron chi connectivity index (χ2n) is 3.91. The third-order valence-electron chi connectivity index (χ3n) is 2.69. The Morgan fingerprint density at radius 2 is 2.27 bits per heavy atom. The highest BCUT2D eigenvalue weighted by Gasteiger charge is 2.27. The summed E-state index contributed by atoms with van der Waals surface area (Å²) >= 11 is 0. The predicted molar refractivity (Wildman–Crippen MR) is 55.6 cm³/mol. The van der Waals surface area contributed by atoms with Crippen LogP contribution in [0.25, 0.3) is 5.65 Å². The lowest BCUT2D eigenvalue weighted by Gasteiger charge is -2.31. The zero-order valence-corrected chi connectivity index (χ0v) is 8.17. The first-order chi connectivity index (χ1) is 7.31. The minimum absolute atomic E-state index is 0.153. The quantitative estimate of drug-likeness (QED) is 0.754. The Labute approximate surface area is 86.8 Å². The Hall–Kier alpha value is -1.62. The van der Waals surface area contributed by atoms with E-state index in [0.717, 1.165) is 18.5 Å². The van der Waals surface area contributed by atoms with Gasteiger partial charge in [0.1, 0.15) is 0 Å². The van der Waals surface area contributed by atoms with Gasteiger partial charge in [-0.05, 0) is 25.0 Å². The number of nitrogens with zero attached hydrogens (tertiary/aromatic N) is 3.